The Labute approximate surface area is 379 Å². The van der Waals surface area contributed by atoms with Crippen molar-refractivity contribution in [2.45, 2.75) is 25.4 Å². The van der Waals surface area contributed by atoms with Gasteiger partial charge in [0.15, 0.2) is 5.84 Å². The van der Waals surface area contributed by atoms with Gasteiger partial charge in [0.25, 0.3) is 0 Å². The van der Waals surface area contributed by atoms with E-state index in [0.717, 1.165) is 88.7 Å². The molecular weight excluding hydrogens is 809 g/mol. The van der Waals surface area contributed by atoms with E-state index in [0.29, 0.717) is 5.84 Å². The summed E-state index contributed by atoms with van der Waals surface area (Å²) in [4.78, 5) is 10.5. The van der Waals surface area contributed by atoms with Gasteiger partial charge in [-0.05, 0) is 76.3 Å². The fraction of sp³-hybridized carbons (Fsp3) is 0.0667. The van der Waals surface area contributed by atoms with Crippen molar-refractivity contribution in [2.24, 2.45) is 9.98 Å². The second kappa shape index (κ2) is 13.8. The number of hydrogen-bond acceptors (Lipinski definition) is 5. The number of hydrogen-bond donors (Lipinski definition) is 1. The minimum atomic E-state index is -0.501. The number of fused-ring (bicyclic) bond motifs is 12. The number of furan rings is 2. The number of aromatic nitrogens is 1. The van der Waals surface area contributed by atoms with Crippen molar-refractivity contribution in [2.75, 3.05) is 0 Å². The van der Waals surface area contributed by atoms with Crippen LogP contribution in [0.15, 0.2) is 213 Å². The van der Waals surface area contributed by atoms with Gasteiger partial charge < -0.3 is 18.7 Å². The van der Waals surface area contributed by atoms with E-state index in [1.54, 1.807) is 0 Å². The quantitative estimate of drug-likeness (QED) is 0.188. The Hall–Kier alpha value is -8.48. The van der Waals surface area contributed by atoms with Crippen molar-refractivity contribution in [1.82, 2.24) is 9.88 Å². The molecule has 0 saturated heterocycles. The maximum atomic E-state index is 6.94. The van der Waals surface area contributed by atoms with Gasteiger partial charge >= 0.3 is 0 Å². The molecule has 0 radical (unpaired) electrons. The van der Waals surface area contributed by atoms with Crippen LogP contribution >= 0.6 is 0 Å². The molecule has 6 heteroatoms. The molecule has 14 rings (SSSR count). The normalized spacial score (nSPS) is 15.4. The molecule has 4 heterocycles. The maximum Gasteiger partial charge on any atom is 0.159 e. The van der Waals surface area contributed by atoms with Gasteiger partial charge in [-0.2, -0.15) is 0 Å². The number of benzene rings is 9. The van der Waals surface area contributed by atoms with Gasteiger partial charge in [-0.15, -0.1) is 0 Å². The Morgan fingerprint density at radius 1 is 0.500 bits per heavy atom. The first kappa shape index (κ1) is 36.9. The van der Waals surface area contributed by atoms with E-state index in [4.69, 9.17) is 18.8 Å². The second-order valence-electron chi connectivity index (χ2n) is 18.1. The summed E-state index contributed by atoms with van der Waals surface area (Å²) in [5, 5.41) is 10.4. The Morgan fingerprint density at radius 3 is 2.08 bits per heavy atom. The smallest absolute Gasteiger partial charge is 0.159 e. The zero-order valence-corrected chi connectivity index (χ0v) is 36.2. The SMILES string of the molecule is CC1(C)c2ccccc2-c2cc3c4ccccc4n(-c4ccc5oc6cccc(-c7c(C8N=C(c9ccccc9)N=C(c9ccccc9)N8)ccc8c7oc7ccccc78)c6c5c4)c3cc21. The fourth-order valence-corrected chi connectivity index (χ4v) is 11.0. The molecule has 0 fully saturated rings. The molecule has 0 amide bonds. The lowest BCUT2D eigenvalue weighted by Gasteiger charge is -2.25. The summed E-state index contributed by atoms with van der Waals surface area (Å²) in [6.45, 7) is 4.70. The number of aliphatic imine (C=N–C) groups is 2. The van der Waals surface area contributed by atoms with Crippen molar-refractivity contribution in [3.8, 4) is 27.9 Å². The van der Waals surface area contributed by atoms with Crippen molar-refractivity contribution in [3.05, 3.63) is 222 Å². The van der Waals surface area contributed by atoms with Crippen LogP contribution in [0.4, 0.5) is 0 Å². The topological polar surface area (TPSA) is 68.0 Å². The van der Waals surface area contributed by atoms with E-state index < -0.39 is 6.17 Å². The molecule has 2 aliphatic rings. The highest BCUT2D eigenvalue weighted by molar-refractivity contribution is 6.19. The highest BCUT2D eigenvalue weighted by atomic mass is 16.3. The van der Waals surface area contributed by atoms with E-state index in [-0.39, 0.29) is 5.41 Å². The molecular formula is C60H40N4O2. The van der Waals surface area contributed by atoms with Crippen LogP contribution in [0.3, 0.4) is 0 Å². The Kier molecular flexibility index (Phi) is 7.70. The lowest BCUT2D eigenvalue weighted by Crippen LogP contribution is -2.33. The summed E-state index contributed by atoms with van der Waals surface area (Å²) < 4.78 is 16.2. The lowest BCUT2D eigenvalue weighted by molar-refractivity contribution is 0.657. The molecule has 1 atom stereocenters. The van der Waals surface area contributed by atoms with E-state index in [2.05, 4.69) is 169 Å². The van der Waals surface area contributed by atoms with Gasteiger partial charge in [-0.3, -0.25) is 0 Å². The Morgan fingerprint density at radius 2 is 1.21 bits per heavy atom. The molecule has 1 aliphatic heterocycles. The van der Waals surface area contributed by atoms with Crippen molar-refractivity contribution in [3.63, 3.8) is 0 Å². The molecule has 9 aromatic carbocycles. The van der Waals surface area contributed by atoms with Gasteiger partial charge in [0, 0.05) is 65.7 Å². The zero-order valence-electron chi connectivity index (χ0n) is 36.2. The van der Waals surface area contributed by atoms with Crippen LogP contribution in [0.5, 0.6) is 0 Å². The Balaban J connectivity index is 1.02. The van der Waals surface area contributed by atoms with E-state index in [9.17, 15) is 0 Å². The van der Waals surface area contributed by atoms with Gasteiger partial charge in [-0.1, -0.05) is 159 Å². The van der Waals surface area contributed by atoms with E-state index in [1.807, 2.05) is 48.5 Å². The zero-order chi connectivity index (χ0) is 43.7. The summed E-state index contributed by atoms with van der Waals surface area (Å²) >= 11 is 0. The number of rotatable bonds is 5. The molecule has 1 unspecified atom stereocenters. The average Bonchev–Trinajstić information content (AvgIpc) is 4.10. The molecule has 3 aromatic heterocycles. The molecule has 6 nitrogen and oxygen atoms in total. The first-order chi connectivity index (χ1) is 32.5. The number of amidine groups is 2. The maximum absolute atomic E-state index is 6.94. The third-order valence-corrected chi connectivity index (χ3v) is 14.1. The lowest BCUT2D eigenvalue weighted by atomic mass is 9.82. The van der Waals surface area contributed by atoms with Gasteiger partial charge in [0.2, 0.25) is 0 Å². The number of nitrogens with zero attached hydrogens (tertiary/aromatic N) is 3. The minimum absolute atomic E-state index is 0.136. The molecule has 1 aliphatic carbocycles. The molecule has 0 spiro atoms. The average molecular weight is 849 g/mol. The molecule has 12 aromatic rings. The predicted octanol–water partition coefficient (Wildman–Crippen LogP) is 15.1. The van der Waals surface area contributed by atoms with Gasteiger partial charge in [-0.25, -0.2) is 9.98 Å². The number of nitrogens with one attached hydrogen (secondary N) is 1. The summed E-state index contributed by atoms with van der Waals surface area (Å²) in [6, 6.07) is 68.7. The first-order valence-electron chi connectivity index (χ1n) is 22.6. The molecule has 0 bridgehead atoms. The van der Waals surface area contributed by atoms with Crippen LogP contribution in [-0.4, -0.2) is 16.2 Å². The Bertz CT molecular complexity index is 4050. The summed E-state index contributed by atoms with van der Waals surface area (Å²) in [6.07, 6.45) is -0.501. The van der Waals surface area contributed by atoms with Crippen molar-refractivity contribution >= 4 is 77.4 Å². The van der Waals surface area contributed by atoms with Crippen molar-refractivity contribution < 1.29 is 8.83 Å². The molecule has 1 N–H and O–H groups in total. The third kappa shape index (κ3) is 5.30. The van der Waals surface area contributed by atoms with Gasteiger partial charge in [0.05, 0.1) is 11.0 Å². The van der Waals surface area contributed by atoms with Crippen LogP contribution < -0.4 is 5.32 Å². The largest absolute Gasteiger partial charge is 0.456 e. The first-order valence-corrected chi connectivity index (χ1v) is 22.6. The summed E-state index contributed by atoms with van der Waals surface area (Å²) in [7, 11) is 0. The van der Waals surface area contributed by atoms with Crippen LogP contribution in [0.1, 0.15) is 47.8 Å². The number of para-hydroxylation sites is 2. The second-order valence-corrected chi connectivity index (χ2v) is 18.1. The molecule has 312 valence electrons. The summed E-state index contributed by atoms with van der Waals surface area (Å²) in [5.41, 5.74) is 16.7. The van der Waals surface area contributed by atoms with Crippen LogP contribution in [0.2, 0.25) is 0 Å². The van der Waals surface area contributed by atoms with E-state index >= 15 is 0 Å². The predicted molar refractivity (Wildman–Crippen MR) is 270 cm³/mol. The van der Waals surface area contributed by atoms with Crippen LogP contribution in [0.25, 0.3) is 93.6 Å². The van der Waals surface area contributed by atoms with Crippen LogP contribution in [0, 0.1) is 0 Å². The van der Waals surface area contributed by atoms with E-state index in [1.165, 1.54) is 38.5 Å². The standard InChI is InChI=1S/C60H40N4O2/c1-60(2)47-24-12-9-20-38(47)44-33-45-39-21-10-13-25-49(39)64(50(45)34-48(44)60)37-28-31-52-46(32-37)54-42(23-15-27-53(54)65-52)55-43(30-29-41-40-22-11-14-26-51(40)66-56(41)55)59-62-57(35-16-5-3-6-17-35)61-58(63-59)36-18-7-4-8-19-36/h3-34,59H,1-2H3,(H,61,62,63). The van der Waals surface area contributed by atoms with Crippen LogP contribution in [-0.2, 0) is 5.41 Å². The van der Waals surface area contributed by atoms with Crippen molar-refractivity contribution in [1.29, 1.82) is 0 Å². The minimum Gasteiger partial charge on any atom is -0.456 e. The van der Waals surface area contributed by atoms with Gasteiger partial charge in [0.1, 0.15) is 34.3 Å². The third-order valence-electron chi connectivity index (χ3n) is 14.1. The fourth-order valence-electron chi connectivity index (χ4n) is 11.0. The highest BCUT2D eigenvalue weighted by Gasteiger charge is 2.36. The monoisotopic (exact) mass is 848 g/mol. The molecule has 66 heavy (non-hydrogen) atoms. The molecule has 0 saturated carbocycles. The summed E-state index contributed by atoms with van der Waals surface area (Å²) in [5.74, 6) is 1.42. The highest BCUT2D eigenvalue weighted by Crippen LogP contribution is 2.51.